The van der Waals surface area contributed by atoms with E-state index in [2.05, 4.69) is 146 Å². The lowest BCUT2D eigenvalue weighted by Gasteiger charge is -2.19. The second kappa shape index (κ2) is 12.4. The predicted molar refractivity (Wildman–Crippen MR) is 202 cm³/mol. The van der Waals surface area contributed by atoms with Gasteiger partial charge in [0.25, 0.3) is 0 Å². The Balaban J connectivity index is 1.26. The molecule has 4 heteroatoms. The number of allylic oxidation sites excluding steroid dienone is 4. The third-order valence-electron chi connectivity index (χ3n) is 9.44. The lowest BCUT2D eigenvalue weighted by molar-refractivity contribution is 0.795. The average Bonchev–Trinajstić information content (AvgIpc) is 3.52. The first-order valence-corrected chi connectivity index (χ1v) is 16.9. The Kier molecular flexibility index (Phi) is 7.32. The molecule has 2 aliphatic rings. The van der Waals surface area contributed by atoms with Gasteiger partial charge in [0.2, 0.25) is 0 Å². The number of aliphatic imine (C=N–C) groups is 1. The van der Waals surface area contributed by atoms with E-state index in [9.17, 15) is 0 Å². The lowest BCUT2D eigenvalue weighted by atomic mass is 9.86. The van der Waals surface area contributed by atoms with Crippen molar-refractivity contribution in [1.29, 1.82) is 0 Å². The molecule has 0 bridgehead atoms. The second-order valence-electron chi connectivity index (χ2n) is 12.5. The fourth-order valence-corrected chi connectivity index (χ4v) is 7.16. The van der Waals surface area contributed by atoms with Crippen molar-refractivity contribution in [2.45, 2.75) is 18.8 Å². The molecule has 0 amide bonds. The van der Waals surface area contributed by atoms with Gasteiger partial charge in [-0.2, -0.15) is 0 Å². The molecule has 0 radical (unpaired) electrons. The van der Waals surface area contributed by atoms with E-state index in [4.69, 9.17) is 19.9 Å². The molecular weight excluding hydrogens is 597 g/mol. The number of pyridine rings is 1. The summed E-state index contributed by atoms with van der Waals surface area (Å²) in [5.74, 6) is 0.857. The molecule has 4 nitrogen and oxygen atoms in total. The summed E-state index contributed by atoms with van der Waals surface area (Å²) in [6.45, 7) is 0. The fourth-order valence-electron chi connectivity index (χ4n) is 7.16. The zero-order valence-corrected chi connectivity index (χ0v) is 26.9. The van der Waals surface area contributed by atoms with E-state index in [0.717, 1.165) is 85.6 Å². The summed E-state index contributed by atoms with van der Waals surface area (Å²) in [6.07, 6.45) is 10.6. The van der Waals surface area contributed by atoms with E-state index in [0.29, 0.717) is 5.82 Å². The first-order valence-electron chi connectivity index (χ1n) is 16.9. The van der Waals surface area contributed by atoms with E-state index in [-0.39, 0.29) is 5.92 Å². The predicted octanol–water partition coefficient (Wildman–Crippen LogP) is 11.4. The summed E-state index contributed by atoms with van der Waals surface area (Å²) in [6, 6.07) is 48.3. The first kappa shape index (κ1) is 28.9. The zero-order chi connectivity index (χ0) is 32.6. The van der Waals surface area contributed by atoms with Crippen LogP contribution in [0.15, 0.2) is 169 Å². The van der Waals surface area contributed by atoms with Crippen molar-refractivity contribution in [3.63, 3.8) is 0 Å². The Labute approximate surface area is 285 Å². The number of aromatic nitrogens is 3. The standard InChI is InChI=1S/C45H32N4/c1-2-13-27-37-35(25-12-1)40-43(46-38-28-15-14-26-36(38)44(40)47-37)33-23-16-24-34(29-33)45-48-41(31-19-8-4-9-20-31)39(30-17-6-3-7-18-30)42(49-45)32-21-10-5-11-22-32/h1-11,13-24,26-29,35H,12,25H2/t35-/m1/s1. The highest BCUT2D eigenvalue weighted by atomic mass is 14.9. The Morgan fingerprint density at radius 1 is 0.510 bits per heavy atom. The van der Waals surface area contributed by atoms with E-state index in [1.54, 1.807) is 0 Å². The third kappa shape index (κ3) is 5.28. The van der Waals surface area contributed by atoms with Gasteiger partial charge in [-0.25, -0.2) is 15.0 Å². The maximum absolute atomic E-state index is 5.35. The van der Waals surface area contributed by atoms with Crippen LogP contribution in [0, 0.1) is 0 Å². The van der Waals surface area contributed by atoms with Crippen LogP contribution in [0.3, 0.4) is 0 Å². The number of fused-ring (bicyclic) bond motifs is 5. The molecule has 0 saturated heterocycles. The SMILES string of the molecule is C1=CCC[C@@H]2C(=Nc3c2c(-c2cccc(-c4nc(-c5ccccc5)c(-c5ccccc5)c(-c5ccccc5)n4)c2)nc2ccccc32)C=C1. The molecule has 2 aromatic heterocycles. The molecule has 7 aromatic rings. The molecule has 232 valence electrons. The van der Waals surface area contributed by atoms with Crippen LogP contribution < -0.4 is 0 Å². The Morgan fingerprint density at radius 3 is 1.84 bits per heavy atom. The number of benzene rings is 5. The smallest absolute Gasteiger partial charge is 0.160 e. The quantitative estimate of drug-likeness (QED) is 0.191. The van der Waals surface area contributed by atoms with Gasteiger partial charge in [0.15, 0.2) is 5.82 Å². The molecule has 0 saturated carbocycles. The lowest BCUT2D eigenvalue weighted by Crippen LogP contribution is -2.08. The molecule has 5 aromatic carbocycles. The number of hydrogen-bond donors (Lipinski definition) is 0. The summed E-state index contributed by atoms with van der Waals surface area (Å²) in [5, 5.41) is 1.10. The molecule has 49 heavy (non-hydrogen) atoms. The van der Waals surface area contributed by atoms with Crippen LogP contribution in [-0.4, -0.2) is 20.7 Å². The molecule has 1 aliphatic carbocycles. The Morgan fingerprint density at radius 2 is 1.12 bits per heavy atom. The van der Waals surface area contributed by atoms with Crippen LogP contribution in [0.1, 0.15) is 24.3 Å². The van der Waals surface area contributed by atoms with Gasteiger partial charge in [-0.1, -0.05) is 146 Å². The molecular formula is C45H32N4. The van der Waals surface area contributed by atoms with Gasteiger partial charge >= 0.3 is 0 Å². The van der Waals surface area contributed by atoms with Crippen LogP contribution in [0.5, 0.6) is 0 Å². The maximum Gasteiger partial charge on any atom is 0.160 e. The number of rotatable bonds is 5. The number of hydrogen-bond acceptors (Lipinski definition) is 4. The number of nitrogens with zero attached hydrogens (tertiary/aromatic N) is 4. The molecule has 3 heterocycles. The molecule has 0 unspecified atom stereocenters. The molecule has 0 spiro atoms. The van der Waals surface area contributed by atoms with E-state index < -0.39 is 0 Å². The molecule has 9 rings (SSSR count). The van der Waals surface area contributed by atoms with Crippen molar-refractivity contribution in [3.05, 3.63) is 169 Å². The van der Waals surface area contributed by atoms with Crippen LogP contribution in [0.2, 0.25) is 0 Å². The van der Waals surface area contributed by atoms with Gasteiger partial charge in [-0.15, -0.1) is 0 Å². The zero-order valence-electron chi connectivity index (χ0n) is 26.9. The molecule has 0 fully saturated rings. The highest BCUT2D eigenvalue weighted by Crippen LogP contribution is 2.48. The van der Waals surface area contributed by atoms with Crippen molar-refractivity contribution in [2.24, 2.45) is 4.99 Å². The van der Waals surface area contributed by atoms with Crippen molar-refractivity contribution in [2.75, 3.05) is 0 Å². The second-order valence-corrected chi connectivity index (χ2v) is 12.5. The van der Waals surface area contributed by atoms with E-state index in [1.807, 2.05) is 18.2 Å². The Hall–Kier alpha value is -6.26. The highest BCUT2D eigenvalue weighted by Gasteiger charge is 2.31. The first-order chi connectivity index (χ1) is 24.3. The van der Waals surface area contributed by atoms with Crippen LogP contribution in [0.25, 0.3) is 67.2 Å². The van der Waals surface area contributed by atoms with Crippen molar-refractivity contribution in [3.8, 4) is 56.3 Å². The monoisotopic (exact) mass is 628 g/mol. The third-order valence-corrected chi connectivity index (χ3v) is 9.44. The van der Waals surface area contributed by atoms with Crippen LogP contribution in [-0.2, 0) is 0 Å². The number of para-hydroxylation sites is 1. The van der Waals surface area contributed by atoms with Crippen LogP contribution >= 0.6 is 0 Å². The van der Waals surface area contributed by atoms with Crippen LogP contribution in [0.4, 0.5) is 5.69 Å². The van der Waals surface area contributed by atoms with Gasteiger partial charge in [0.05, 0.1) is 28.3 Å². The van der Waals surface area contributed by atoms with Crippen molar-refractivity contribution < 1.29 is 0 Å². The fraction of sp³-hybridized carbons (Fsp3) is 0.0667. The summed E-state index contributed by atoms with van der Waals surface area (Å²) in [7, 11) is 0. The van der Waals surface area contributed by atoms with Gasteiger partial charge in [0, 0.05) is 50.4 Å². The summed E-state index contributed by atoms with van der Waals surface area (Å²) < 4.78 is 0. The van der Waals surface area contributed by atoms with Gasteiger partial charge in [-0.05, 0) is 36.6 Å². The molecule has 1 aliphatic heterocycles. The summed E-state index contributed by atoms with van der Waals surface area (Å²) in [5.41, 5.74) is 13.2. The van der Waals surface area contributed by atoms with Crippen molar-refractivity contribution in [1.82, 2.24) is 15.0 Å². The largest absolute Gasteiger partial charge is 0.252 e. The minimum Gasteiger partial charge on any atom is -0.252 e. The van der Waals surface area contributed by atoms with Gasteiger partial charge in [0.1, 0.15) is 0 Å². The highest BCUT2D eigenvalue weighted by molar-refractivity contribution is 6.12. The topological polar surface area (TPSA) is 51.0 Å². The molecule has 1 atom stereocenters. The summed E-state index contributed by atoms with van der Waals surface area (Å²) >= 11 is 0. The Bertz CT molecular complexity index is 2370. The molecule has 0 N–H and O–H groups in total. The average molecular weight is 629 g/mol. The van der Waals surface area contributed by atoms with E-state index in [1.165, 1.54) is 5.56 Å². The van der Waals surface area contributed by atoms with Gasteiger partial charge in [-0.3, -0.25) is 4.99 Å². The maximum atomic E-state index is 5.35. The minimum absolute atomic E-state index is 0.183. The summed E-state index contributed by atoms with van der Waals surface area (Å²) in [4.78, 5) is 21.3. The van der Waals surface area contributed by atoms with Crippen molar-refractivity contribution >= 4 is 22.3 Å². The minimum atomic E-state index is 0.183. The normalized spacial score (nSPS) is 14.9. The van der Waals surface area contributed by atoms with Gasteiger partial charge < -0.3 is 0 Å². The van der Waals surface area contributed by atoms with E-state index >= 15 is 0 Å².